The number of rotatable bonds is 2. The van der Waals surface area contributed by atoms with E-state index in [-0.39, 0.29) is 5.69 Å². The van der Waals surface area contributed by atoms with Gasteiger partial charge < -0.3 is 5.73 Å². The minimum Gasteiger partial charge on any atom is -0.396 e. The average Bonchev–Trinajstić information content (AvgIpc) is 2.07. The fourth-order valence-electron chi connectivity index (χ4n) is 1.07. The molecule has 0 aromatic heterocycles. The van der Waals surface area contributed by atoms with Gasteiger partial charge in [-0.25, -0.2) is 8.78 Å². The number of nitrogens with two attached hydrogens (primary N) is 1. The predicted molar refractivity (Wildman–Crippen MR) is 44.8 cm³/mol. The maximum atomic E-state index is 13.0. The number of nitrogen functional groups attached to an aromatic ring is 1. The Morgan fingerprint density at radius 2 is 1.92 bits per heavy atom. The van der Waals surface area contributed by atoms with Gasteiger partial charge in [0.1, 0.15) is 0 Å². The molecule has 0 bridgehead atoms. The van der Waals surface area contributed by atoms with Crippen molar-refractivity contribution in [3.05, 3.63) is 29.3 Å². The molecule has 1 nitrogen and oxygen atoms in total. The third-order valence-corrected chi connectivity index (χ3v) is 1.71. The quantitative estimate of drug-likeness (QED) is 0.680. The van der Waals surface area contributed by atoms with Crippen LogP contribution >= 0.6 is 0 Å². The first-order valence-electron chi connectivity index (χ1n) is 3.89. The predicted octanol–water partition coefficient (Wildman–Crippen LogP) is 2.50. The molecule has 0 aliphatic heterocycles. The highest BCUT2D eigenvalue weighted by Crippen LogP contribution is 2.18. The normalized spacial score (nSPS) is 10.2. The average molecular weight is 171 g/mol. The second-order valence-electron chi connectivity index (χ2n) is 2.69. The Morgan fingerprint density at radius 3 is 2.50 bits per heavy atom. The van der Waals surface area contributed by atoms with Crippen LogP contribution in [0.4, 0.5) is 14.5 Å². The molecule has 0 aliphatic rings. The van der Waals surface area contributed by atoms with Gasteiger partial charge in [0.15, 0.2) is 11.6 Å². The summed E-state index contributed by atoms with van der Waals surface area (Å²) in [6.07, 6.45) is 1.34. The molecular formula is C9H11F2N. The smallest absolute Gasteiger partial charge is 0.181 e. The van der Waals surface area contributed by atoms with Gasteiger partial charge in [-0.2, -0.15) is 0 Å². The molecule has 0 atom stereocenters. The molecule has 0 amide bonds. The Hall–Kier alpha value is -1.12. The highest BCUT2D eigenvalue weighted by atomic mass is 19.2. The van der Waals surface area contributed by atoms with Gasteiger partial charge in [-0.15, -0.1) is 0 Å². The molecular weight excluding hydrogens is 160 g/mol. The lowest BCUT2D eigenvalue weighted by Gasteiger charge is -2.03. The molecule has 12 heavy (non-hydrogen) atoms. The Kier molecular flexibility index (Phi) is 2.63. The minimum atomic E-state index is -0.930. The van der Waals surface area contributed by atoms with Crippen LogP contribution < -0.4 is 5.73 Å². The zero-order valence-electron chi connectivity index (χ0n) is 6.90. The second kappa shape index (κ2) is 3.52. The monoisotopic (exact) mass is 171 g/mol. The molecule has 0 saturated heterocycles. The summed E-state index contributed by atoms with van der Waals surface area (Å²) in [6, 6.07) is 2.92. The van der Waals surface area contributed by atoms with Crippen molar-refractivity contribution < 1.29 is 8.78 Å². The molecule has 0 spiro atoms. The highest BCUT2D eigenvalue weighted by Gasteiger charge is 2.09. The first kappa shape index (κ1) is 8.97. The van der Waals surface area contributed by atoms with Gasteiger partial charge in [0.05, 0.1) is 5.69 Å². The summed E-state index contributed by atoms with van der Waals surface area (Å²) in [7, 11) is 0. The summed E-state index contributed by atoms with van der Waals surface area (Å²) >= 11 is 0. The van der Waals surface area contributed by atoms with E-state index in [2.05, 4.69) is 0 Å². The van der Waals surface area contributed by atoms with Crippen molar-refractivity contribution in [1.29, 1.82) is 0 Å². The Balaban J connectivity index is 3.08. The van der Waals surface area contributed by atoms with E-state index in [1.165, 1.54) is 12.1 Å². The molecule has 0 aliphatic carbocycles. The molecule has 0 heterocycles. The molecule has 3 heteroatoms. The first-order valence-corrected chi connectivity index (χ1v) is 3.89. The number of hydrogen-bond acceptors (Lipinski definition) is 1. The van der Waals surface area contributed by atoms with Crippen LogP contribution in [0.15, 0.2) is 12.1 Å². The largest absolute Gasteiger partial charge is 0.396 e. The van der Waals surface area contributed by atoms with Gasteiger partial charge in [0.2, 0.25) is 0 Å². The van der Waals surface area contributed by atoms with E-state index in [1.807, 2.05) is 6.92 Å². The van der Waals surface area contributed by atoms with E-state index < -0.39 is 11.6 Å². The molecule has 66 valence electrons. The Bertz CT molecular complexity index is 284. The van der Waals surface area contributed by atoms with Crippen LogP contribution in [-0.2, 0) is 6.42 Å². The van der Waals surface area contributed by atoms with E-state index >= 15 is 0 Å². The minimum absolute atomic E-state index is 0.132. The van der Waals surface area contributed by atoms with Crippen molar-refractivity contribution in [1.82, 2.24) is 0 Å². The van der Waals surface area contributed by atoms with Gasteiger partial charge in [-0.3, -0.25) is 0 Å². The van der Waals surface area contributed by atoms with Crippen LogP contribution in [0.1, 0.15) is 18.9 Å². The molecule has 1 rings (SSSR count). The number of anilines is 1. The van der Waals surface area contributed by atoms with E-state index in [9.17, 15) is 8.78 Å². The third kappa shape index (κ3) is 1.55. The van der Waals surface area contributed by atoms with Crippen molar-refractivity contribution in [2.75, 3.05) is 5.73 Å². The number of hydrogen-bond donors (Lipinski definition) is 1. The van der Waals surface area contributed by atoms with Crippen LogP contribution in [-0.4, -0.2) is 0 Å². The molecule has 0 fully saturated rings. The van der Waals surface area contributed by atoms with Gasteiger partial charge in [0, 0.05) is 0 Å². The van der Waals surface area contributed by atoms with E-state index in [0.29, 0.717) is 12.0 Å². The number of halogens is 2. The van der Waals surface area contributed by atoms with E-state index in [4.69, 9.17) is 5.73 Å². The Morgan fingerprint density at radius 1 is 1.25 bits per heavy atom. The summed E-state index contributed by atoms with van der Waals surface area (Å²) in [5.74, 6) is -1.74. The third-order valence-electron chi connectivity index (χ3n) is 1.71. The summed E-state index contributed by atoms with van der Waals surface area (Å²) in [5, 5.41) is 0. The van der Waals surface area contributed by atoms with Crippen molar-refractivity contribution >= 4 is 5.69 Å². The summed E-state index contributed by atoms with van der Waals surface area (Å²) in [6.45, 7) is 1.91. The van der Waals surface area contributed by atoms with Crippen molar-refractivity contribution in [3.8, 4) is 0 Å². The maximum Gasteiger partial charge on any atom is 0.181 e. The fraction of sp³-hybridized carbons (Fsp3) is 0.333. The first-order chi connectivity index (χ1) is 5.66. The maximum absolute atomic E-state index is 13.0. The van der Waals surface area contributed by atoms with Gasteiger partial charge in [-0.05, 0) is 18.1 Å². The number of aryl methyl sites for hydroxylation is 1. The number of benzene rings is 1. The lowest BCUT2D eigenvalue weighted by molar-refractivity contribution is 0.501. The summed E-state index contributed by atoms with van der Waals surface area (Å²) in [5.41, 5.74) is 5.43. The molecule has 2 N–H and O–H groups in total. The van der Waals surface area contributed by atoms with Crippen molar-refractivity contribution in [3.63, 3.8) is 0 Å². The fourth-order valence-corrected chi connectivity index (χ4v) is 1.07. The van der Waals surface area contributed by atoms with Gasteiger partial charge >= 0.3 is 0 Å². The Labute approximate surface area is 70.2 Å². The molecule has 0 unspecified atom stereocenters. The van der Waals surface area contributed by atoms with Crippen molar-refractivity contribution in [2.45, 2.75) is 19.8 Å². The van der Waals surface area contributed by atoms with Crippen LogP contribution in [0.25, 0.3) is 0 Å². The lowest BCUT2D eigenvalue weighted by Crippen LogP contribution is -1.98. The second-order valence-corrected chi connectivity index (χ2v) is 2.69. The summed E-state index contributed by atoms with van der Waals surface area (Å²) in [4.78, 5) is 0. The van der Waals surface area contributed by atoms with E-state index in [0.717, 1.165) is 6.42 Å². The SMILES string of the molecule is CCCc1ccc(N)c(F)c1F. The summed E-state index contributed by atoms with van der Waals surface area (Å²) < 4.78 is 25.8. The van der Waals surface area contributed by atoms with Gasteiger partial charge in [-0.1, -0.05) is 19.4 Å². The standard InChI is InChI=1S/C9H11F2N/c1-2-3-6-4-5-7(12)9(11)8(6)10/h4-5H,2-3,12H2,1H3. The van der Waals surface area contributed by atoms with Crippen molar-refractivity contribution in [2.24, 2.45) is 0 Å². The molecule has 1 aromatic rings. The van der Waals surface area contributed by atoms with Crippen LogP contribution in [0.2, 0.25) is 0 Å². The molecule has 0 radical (unpaired) electrons. The van der Waals surface area contributed by atoms with E-state index in [1.54, 1.807) is 0 Å². The highest BCUT2D eigenvalue weighted by molar-refractivity contribution is 5.42. The van der Waals surface area contributed by atoms with Gasteiger partial charge in [0.25, 0.3) is 0 Å². The molecule has 0 saturated carbocycles. The van der Waals surface area contributed by atoms with Crippen LogP contribution in [0, 0.1) is 11.6 Å². The van der Waals surface area contributed by atoms with Crippen LogP contribution in [0.3, 0.4) is 0 Å². The zero-order chi connectivity index (χ0) is 9.14. The van der Waals surface area contributed by atoms with Crippen LogP contribution in [0.5, 0.6) is 0 Å². The lowest BCUT2D eigenvalue weighted by atomic mass is 10.1. The zero-order valence-corrected chi connectivity index (χ0v) is 6.90. The topological polar surface area (TPSA) is 26.0 Å². The molecule has 1 aromatic carbocycles.